The van der Waals surface area contributed by atoms with E-state index in [4.69, 9.17) is 16.3 Å². The second kappa shape index (κ2) is 7.33. The molecule has 0 bridgehead atoms. The van der Waals surface area contributed by atoms with Crippen LogP contribution in [0, 0.1) is 0 Å². The molecule has 0 fully saturated rings. The third kappa shape index (κ3) is 3.56. The Morgan fingerprint density at radius 1 is 1.52 bits per heavy atom. The van der Waals surface area contributed by atoms with Gasteiger partial charge in [-0.05, 0) is 31.5 Å². The molecule has 122 valence electrons. The topological polar surface area (TPSA) is 58.6 Å². The first-order valence-electron chi connectivity index (χ1n) is 7.31. The van der Waals surface area contributed by atoms with Crippen molar-refractivity contribution in [2.45, 2.75) is 19.9 Å². The monoisotopic (exact) mass is 334 g/mol. The number of hydrogen-bond donors (Lipinski definition) is 1. The van der Waals surface area contributed by atoms with Crippen molar-refractivity contribution in [1.29, 1.82) is 0 Å². The number of amides is 2. The van der Waals surface area contributed by atoms with Gasteiger partial charge in [-0.2, -0.15) is 0 Å². The van der Waals surface area contributed by atoms with Gasteiger partial charge in [0.25, 0.3) is 0 Å². The number of nitrogens with one attached hydrogen (secondary N) is 1. The van der Waals surface area contributed by atoms with E-state index in [0.29, 0.717) is 22.8 Å². The van der Waals surface area contributed by atoms with Gasteiger partial charge in [-0.25, -0.2) is 9.59 Å². The summed E-state index contributed by atoms with van der Waals surface area (Å²) in [5.41, 5.74) is 1.68. The van der Waals surface area contributed by atoms with Crippen LogP contribution in [0.4, 0.5) is 4.79 Å². The number of nitrogens with zero attached hydrogens (tertiary/aromatic N) is 1. The summed E-state index contributed by atoms with van der Waals surface area (Å²) in [4.78, 5) is 26.2. The summed E-state index contributed by atoms with van der Waals surface area (Å²) < 4.78 is 5.16. The van der Waals surface area contributed by atoms with Crippen molar-refractivity contribution in [3.05, 3.63) is 58.8 Å². The van der Waals surface area contributed by atoms with E-state index in [-0.39, 0.29) is 12.6 Å². The number of benzene rings is 1. The van der Waals surface area contributed by atoms with Crippen LogP contribution in [0.2, 0.25) is 5.02 Å². The van der Waals surface area contributed by atoms with E-state index >= 15 is 0 Å². The molecule has 5 nitrogen and oxygen atoms in total. The van der Waals surface area contributed by atoms with Gasteiger partial charge in [0.15, 0.2) is 0 Å². The van der Waals surface area contributed by atoms with Crippen LogP contribution in [0.1, 0.15) is 25.5 Å². The highest BCUT2D eigenvalue weighted by Gasteiger charge is 2.35. The van der Waals surface area contributed by atoms with E-state index in [1.54, 1.807) is 38.1 Å². The molecule has 1 aromatic rings. The van der Waals surface area contributed by atoms with Gasteiger partial charge in [-0.15, -0.1) is 6.58 Å². The minimum atomic E-state index is -0.596. The smallest absolute Gasteiger partial charge is 0.338 e. The van der Waals surface area contributed by atoms with Crippen LogP contribution in [0.25, 0.3) is 0 Å². The largest absolute Gasteiger partial charge is 0.463 e. The predicted molar refractivity (Wildman–Crippen MR) is 89.0 cm³/mol. The van der Waals surface area contributed by atoms with E-state index < -0.39 is 12.0 Å². The average Bonchev–Trinajstić information content (AvgIpc) is 2.51. The second-order valence-electron chi connectivity index (χ2n) is 5.06. The number of esters is 1. The fourth-order valence-electron chi connectivity index (χ4n) is 2.54. The van der Waals surface area contributed by atoms with Gasteiger partial charge in [0.05, 0.1) is 18.2 Å². The lowest BCUT2D eigenvalue weighted by atomic mass is 9.95. The highest BCUT2D eigenvalue weighted by Crippen LogP contribution is 2.32. The molecule has 1 N–H and O–H groups in total. The third-order valence-corrected chi connectivity index (χ3v) is 3.82. The summed E-state index contributed by atoms with van der Waals surface area (Å²) in [6.45, 7) is 7.68. The number of urea groups is 1. The van der Waals surface area contributed by atoms with Crippen LogP contribution in [0.3, 0.4) is 0 Å². The Kier molecular flexibility index (Phi) is 5.45. The standard InChI is InChI=1S/C17H19ClN2O3/c1-4-9-20-11(3)14(16(21)23-5-2)15(19-17(20)22)12-7-6-8-13(18)10-12/h4,6-8,10,15H,1,5,9H2,2-3H3,(H,19,22). The van der Waals surface area contributed by atoms with Crippen molar-refractivity contribution in [3.63, 3.8) is 0 Å². The Balaban J connectivity index is 2.53. The van der Waals surface area contributed by atoms with Crippen LogP contribution in [0.5, 0.6) is 0 Å². The average molecular weight is 335 g/mol. The second-order valence-corrected chi connectivity index (χ2v) is 5.49. The molecule has 1 atom stereocenters. The molecule has 0 aliphatic carbocycles. The molecule has 1 aliphatic heterocycles. The van der Waals surface area contributed by atoms with Crippen LogP contribution < -0.4 is 5.32 Å². The van der Waals surface area contributed by atoms with Crippen LogP contribution in [-0.2, 0) is 9.53 Å². The number of carbonyl (C=O) groups is 2. The van der Waals surface area contributed by atoms with Gasteiger partial charge < -0.3 is 10.1 Å². The Morgan fingerprint density at radius 2 is 2.26 bits per heavy atom. The first-order chi connectivity index (χ1) is 11.0. The minimum absolute atomic E-state index is 0.257. The van der Waals surface area contributed by atoms with Gasteiger partial charge in [0.2, 0.25) is 0 Å². The summed E-state index contributed by atoms with van der Waals surface area (Å²) in [6.07, 6.45) is 1.60. The quantitative estimate of drug-likeness (QED) is 0.663. The van der Waals surface area contributed by atoms with E-state index in [9.17, 15) is 9.59 Å². The molecule has 0 radical (unpaired) electrons. The molecule has 2 rings (SSSR count). The minimum Gasteiger partial charge on any atom is -0.463 e. The molecule has 1 unspecified atom stereocenters. The van der Waals surface area contributed by atoms with Crippen molar-refractivity contribution in [2.24, 2.45) is 0 Å². The number of allylic oxidation sites excluding steroid dienone is 1. The number of ether oxygens (including phenoxy) is 1. The van der Waals surface area contributed by atoms with E-state index in [1.807, 2.05) is 6.07 Å². The molecule has 23 heavy (non-hydrogen) atoms. The van der Waals surface area contributed by atoms with Gasteiger partial charge in [-0.3, -0.25) is 4.90 Å². The van der Waals surface area contributed by atoms with E-state index in [0.717, 1.165) is 5.56 Å². The summed E-state index contributed by atoms with van der Waals surface area (Å²) in [6, 6.07) is 6.16. The van der Waals surface area contributed by atoms with Gasteiger partial charge in [0.1, 0.15) is 0 Å². The normalized spacial score (nSPS) is 17.8. The molecular weight excluding hydrogens is 316 g/mol. The number of rotatable bonds is 5. The zero-order valence-electron chi connectivity index (χ0n) is 13.1. The van der Waals surface area contributed by atoms with Crippen molar-refractivity contribution >= 4 is 23.6 Å². The fourth-order valence-corrected chi connectivity index (χ4v) is 2.74. The van der Waals surface area contributed by atoms with Crippen LogP contribution in [-0.4, -0.2) is 30.1 Å². The fraction of sp³-hybridized carbons (Fsp3) is 0.294. The maximum atomic E-state index is 12.4. The maximum absolute atomic E-state index is 12.4. The molecule has 2 amide bonds. The van der Waals surface area contributed by atoms with Crippen molar-refractivity contribution in [1.82, 2.24) is 10.2 Å². The first-order valence-corrected chi connectivity index (χ1v) is 7.69. The Hall–Kier alpha value is -2.27. The zero-order chi connectivity index (χ0) is 17.0. The summed E-state index contributed by atoms with van der Waals surface area (Å²) >= 11 is 6.04. The first kappa shape index (κ1) is 17.1. The van der Waals surface area contributed by atoms with Crippen molar-refractivity contribution in [3.8, 4) is 0 Å². The number of carbonyl (C=O) groups excluding carboxylic acids is 2. The molecule has 6 heteroatoms. The maximum Gasteiger partial charge on any atom is 0.338 e. The Bertz CT molecular complexity index is 670. The lowest BCUT2D eigenvalue weighted by molar-refractivity contribution is -0.139. The predicted octanol–water partition coefficient (Wildman–Crippen LogP) is 3.43. The third-order valence-electron chi connectivity index (χ3n) is 3.59. The molecule has 1 aliphatic rings. The molecular formula is C17H19ClN2O3. The van der Waals surface area contributed by atoms with Gasteiger partial charge in [-0.1, -0.05) is 29.8 Å². The molecule has 0 saturated carbocycles. The summed E-state index contributed by atoms with van der Waals surface area (Å²) in [5.74, 6) is -0.455. The number of hydrogen-bond acceptors (Lipinski definition) is 3. The molecule has 1 aromatic carbocycles. The van der Waals surface area contributed by atoms with E-state index in [2.05, 4.69) is 11.9 Å². The number of halogens is 1. The van der Waals surface area contributed by atoms with E-state index in [1.165, 1.54) is 4.90 Å². The van der Waals surface area contributed by atoms with Crippen molar-refractivity contribution < 1.29 is 14.3 Å². The molecule has 0 aromatic heterocycles. The molecule has 0 saturated heterocycles. The van der Waals surface area contributed by atoms with Crippen LogP contribution in [0.15, 0.2) is 48.2 Å². The lowest BCUT2D eigenvalue weighted by Crippen LogP contribution is -2.48. The molecule has 1 heterocycles. The summed E-state index contributed by atoms with van der Waals surface area (Å²) in [5, 5.41) is 3.37. The zero-order valence-corrected chi connectivity index (χ0v) is 13.9. The van der Waals surface area contributed by atoms with Gasteiger partial charge >= 0.3 is 12.0 Å². The summed E-state index contributed by atoms with van der Waals surface area (Å²) in [7, 11) is 0. The molecule has 0 spiro atoms. The highest BCUT2D eigenvalue weighted by molar-refractivity contribution is 6.30. The lowest BCUT2D eigenvalue weighted by Gasteiger charge is -2.34. The van der Waals surface area contributed by atoms with Crippen LogP contribution >= 0.6 is 11.6 Å². The Morgan fingerprint density at radius 3 is 2.87 bits per heavy atom. The van der Waals surface area contributed by atoms with Crippen molar-refractivity contribution in [2.75, 3.05) is 13.2 Å². The Labute approximate surface area is 140 Å². The highest BCUT2D eigenvalue weighted by atomic mass is 35.5. The SMILES string of the molecule is C=CCN1C(=O)NC(c2cccc(Cl)c2)C(C(=O)OCC)=C1C. The van der Waals surface area contributed by atoms with Gasteiger partial charge in [0, 0.05) is 17.3 Å².